The van der Waals surface area contributed by atoms with Crippen LogP contribution in [0.4, 0.5) is 5.69 Å². The number of nitrogens with two attached hydrogens (primary N) is 1. The van der Waals surface area contributed by atoms with Crippen molar-refractivity contribution in [2.24, 2.45) is 0 Å². The number of hydrogen-bond donors (Lipinski definition) is 3. The molecule has 0 radical (unpaired) electrons. The van der Waals surface area contributed by atoms with Gasteiger partial charge in [-0.25, -0.2) is 0 Å². The van der Waals surface area contributed by atoms with E-state index in [1.54, 1.807) is 0 Å². The van der Waals surface area contributed by atoms with E-state index >= 15 is 0 Å². The van der Waals surface area contributed by atoms with Crippen molar-refractivity contribution in [1.29, 1.82) is 0 Å². The van der Waals surface area contributed by atoms with Crippen LogP contribution in [-0.4, -0.2) is 22.4 Å². The van der Waals surface area contributed by atoms with E-state index < -0.39 is 14.2 Å². The SMILES string of the molecule is Nc1ccc([As](=O)(O)O)cc1.[Na+]. The second-order valence-electron chi connectivity index (χ2n) is 2.14. The zero-order valence-electron chi connectivity index (χ0n) is 6.64. The molecule has 60 valence electrons. The molecule has 0 aliphatic heterocycles. The summed E-state index contributed by atoms with van der Waals surface area (Å²) in [4.78, 5) is 0. The van der Waals surface area contributed by atoms with E-state index in [0.717, 1.165) is 0 Å². The summed E-state index contributed by atoms with van der Waals surface area (Å²) in [5.41, 5.74) is 5.82. The quantitative estimate of drug-likeness (QED) is 0.343. The number of benzene rings is 1. The molecule has 4 nitrogen and oxygen atoms in total. The molecule has 0 saturated heterocycles. The fraction of sp³-hybridized carbons (Fsp3) is 0. The average Bonchev–Trinajstić information content (AvgIpc) is 1.86. The van der Waals surface area contributed by atoms with Crippen molar-refractivity contribution in [2.45, 2.75) is 0 Å². The van der Waals surface area contributed by atoms with Crippen molar-refractivity contribution < 1.29 is 41.5 Å². The molecular formula is C6H8AsNNaO3+. The molecule has 0 spiro atoms. The van der Waals surface area contributed by atoms with Gasteiger partial charge in [0.15, 0.2) is 0 Å². The van der Waals surface area contributed by atoms with Gasteiger partial charge in [-0.15, -0.1) is 0 Å². The van der Waals surface area contributed by atoms with E-state index in [4.69, 9.17) is 13.9 Å². The minimum absolute atomic E-state index is 0. The Morgan fingerprint density at radius 3 is 1.92 bits per heavy atom. The molecule has 0 amide bonds. The molecule has 0 unspecified atom stereocenters. The summed E-state index contributed by atoms with van der Waals surface area (Å²) < 4.78 is 28.1. The van der Waals surface area contributed by atoms with Gasteiger partial charge in [-0.3, -0.25) is 0 Å². The fourth-order valence-corrected chi connectivity index (χ4v) is 1.80. The Labute approximate surface area is 95.1 Å². The van der Waals surface area contributed by atoms with E-state index in [-0.39, 0.29) is 33.9 Å². The Morgan fingerprint density at radius 1 is 1.17 bits per heavy atom. The van der Waals surface area contributed by atoms with Crippen LogP contribution in [0.1, 0.15) is 0 Å². The summed E-state index contributed by atoms with van der Waals surface area (Å²) in [6.07, 6.45) is 0. The zero-order valence-corrected chi connectivity index (χ0v) is 10.5. The molecule has 1 rings (SSSR count). The van der Waals surface area contributed by atoms with Crippen LogP contribution in [0.15, 0.2) is 24.3 Å². The summed E-state index contributed by atoms with van der Waals surface area (Å²) in [7, 11) is 0. The Morgan fingerprint density at radius 2 is 1.58 bits per heavy atom. The molecule has 0 atom stereocenters. The predicted molar refractivity (Wildman–Crippen MR) is 41.4 cm³/mol. The van der Waals surface area contributed by atoms with Crippen molar-refractivity contribution in [3.05, 3.63) is 24.3 Å². The van der Waals surface area contributed by atoms with E-state index in [9.17, 15) is 3.74 Å². The maximum atomic E-state index is 10.7. The molecule has 6 heteroatoms. The van der Waals surface area contributed by atoms with Gasteiger partial charge in [0.25, 0.3) is 0 Å². The molecule has 0 aliphatic rings. The van der Waals surface area contributed by atoms with Gasteiger partial charge in [0.05, 0.1) is 0 Å². The molecule has 0 heterocycles. The van der Waals surface area contributed by atoms with Crippen molar-refractivity contribution in [1.82, 2.24) is 0 Å². The average molecular weight is 240 g/mol. The topological polar surface area (TPSA) is 83.6 Å². The van der Waals surface area contributed by atoms with Gasteiger partial charge in [-0.1, -0.05) is 0 Å². The zero-order chi connectivity index (χ0) is 8.48. The first kappa shape index (κ1) is 12.3. The van der Waals surface area contributed by atoms with Crippen LogP contribution in [0, 0.1) is 0 Å². The third-order valence-electron chi connectivity index (χ3n) is 1.23. The monoisotopic (exact) mass is 240 g/mol. The minimum atomic E-state index is -4.68. The first-order valence-electron chi connectivity index (χ1n) is 2.92. The van der Waals surface area contributed by atoms with Gasteiger partial charge in [-0.05, 0) is 0 Å². The number of nitrogen functional groups attached to an aromatic ring is 1. The summed E-state index contributed by atoms with van der Waals surface area (Å²) in [5, 5.41) is 0. The van der Waals surface area contributed by atoms with Crippen LogP contribution < -0.4 is 39.6 Å². The normalized spacial score (nSPS) is 10.5. The molecule has 0 bridgehead atoms. The van der Waals surface area contributed by atoms with Gasteiger partial charge in [0, 0.05) is 0 Å². The second-order valence-corrected chi connectivity index (χ2v) is 5.50. The van der Waals surface area contributed by atoms with Crippen molar-refractivity contribution >= 4 is 24.2 Å². The Kier molecular flexibility index (Phi) is 4.62. The second kappa shape index (κ2) is 4.51. The largest absolute Gasteiger partial charge is 1.00 e. The first-order valence-corrected chi connectivity index (χ1v) is 6.30. The van der Waals surface area contributed by atoms with E-state index in [1.807, 2.05) is 0 Å². The first-order chi connectivity index (χ1) is 5.00. The predicted octanol–water partition coefficient (Wildman–Crippen LogP) is -4.17. The summed E-state index contributed by atoms with van der Waals surface area (Å²) in [6, 6.07) is 5.62. The maximum absolute atomic E-state index is 10.7. The van der Waals surface area contributed by atoms with Crippen LogP contribution in [0.2, 0.25) is 0 Å². The molecule has 12 heavy (non-hydrogen) atoms. The number of anilines is 1. The van der Waals surface area contributed by atoms with Gasteiger partial charge in [0.2, 0.25) is 0 Å². The standard InChI is InChI=1S/C6H8AsNO3.Na/c8-6-3-1-5(2-4-6)7(9,10)11;/h1-4H,8H2,(H2,9,10,11);/q;+1. The Hall–Kier alpha value is 0.298. The van der Waals surface area contributed by atoms with Crippen LogP contribution in [-0.2, 0) is 3.74 Å². The fourth-order valence-electron chi connectivity index (χ4n) is 0.669. The Bertz CT molecular complexity index is 294. The van der Waals surface area contributed by atoms with Crippen LogP contribution in [0.3, 0.4) is 0 Å². The summed E-state index contributed by atoms with van der Waals surface area (Å²) >= 11 is -4.68. The van der Waals surface area contributed by atoms with Crippen molar-refractivity contribution in [3.8, 4) is 0 Å². The van der Waals surface area contributed by atoms with Crippen molar-refractivity contribution in [2.75, 3.05) is 5.73 Å². The molecule has 4 N–H and O–H groups in total. The van der Waals surface area contributed by atoms with Gasteiger partial charge in [-0.2, -0.15) is 0 Å². The minimum Gasteiger partial charge on any atom is 1.00 e. The van der Waals surface area contributed by atoms with E-state index in [1.165, 1.54) is 24.3 Å². The third-order valence-corrected chi connectivity index (χ3v) is 3.27. The summed E-state index contributed by atoms with van der Waals surface area (Å²) in [5.74, 6) is 0. The Balaban J connectivity index is 0.00000121. The molecule has 0 aromatic heterocycles. The third kappa shape index (κ3) is 3.35. The molecule has 0 fully saturated rings. The van der Waals surface area contributed by atoms with E-state index in [2.05, 4.69) is 0 Å². The maximum Gasteiger partial charge on any atom is 1.00 e. The number of hydrogen-bond acceptors (Lipinski definition) is 2. The number of rotatable bonds is 1. The van der Waals surface area contributed by atoms with Crippen LogP contribution in [0.5, 0.6) is 0 Å². The van der Waals surface area contributed by atoms with Crippen LogP contribution >= 0.6 is 0 Å². The van der Waals surface area contributed by atoms with Gasteiger partial charge < -0.3 is 0 Å². The molecule has 1 aromatic carbocycles. The molecular weight excluding hydrogens is 232 g/mol. The summed E-state index contributed by atoms with van der Waals surface area (Å²) in [6.45, 7) is 0. The van der Waals surface area contributed by atoms with Crippen LogP contribution in [0.25, 0.3) is 0 Å². The van der Waals surface area contributed by atoms with E-state index in [0.29, 0.717) is 5.69 Å². The van der Waals surface area contributed by atoms with Gasteiger partial charge in [0.1, 0.15) is 0 Å². The van der Waals surface area contributed by atoms with Gasteiger partial charge >= 0.3 is 95.7 Å². The molecule has 0 saturated carbocycles. The van der Waals surface area contributed by atoms with Crippen molar-refractivity contribution in [3.63, 3.8) is 0 Å². The molecule has 1 aromatic rings. The smallest absolute Gasteiger partial charge is 1.00 e. The molecule has 0 aliphatic carbocycles.